The van der Waals surface area contributed by atoms with Crippen LogP contribution in [0.25, 0.3) is 0 Å². The van der Waals surface area contributed by atoms with Crippen molar-refractivity contribution in [2.24, 2.45) is 0 Å². The number of hydrogen-bond acceptors (Lipinski definition) is 6. The Hall–Kier alpha value is -3.11. The van der Waals surface area contributed by atoms with Gasteiger partial charge in [-0.1, -0.05) is 6.92 Å². The Morgan fingerprint density at radius 1 is 1.00 bits per heavy atom. The van der Waals surface area contributed by atoms with E-state index in [0.717, 1.165) is 26.1 Å². The van der Waals surface area contributed by atoms with E-state index < -0.39 is 10.0 Å². The second-order valence-electron chi connectivity index (χ2n) is 8.18. The van der Waals surface area contributed by atoms with Crippen LogP contribution in [0, 0.1) is 0 Å². The first-order valence-corrected chi connectivity index (χ1v) is 12.7. The van der Waals surface area contributed by atoms with E-state index in [2.05, 4.69) is 17.1 Å². The lowest BCUT2D eigenvalue weighted by molar-refractivity contribution is -0.135. The summed E-state index contributed by atoms with van der Waals surface area (Å²) < 4.78 is 32.7. The van der Waals surface area contributed by atoms with Gasteiger partial charge in [-0.2, -0.15) is 0 Å². The summed E-state index contributed by atoms with van der Waals surface area (Å²) in [4.78, 5) is 27.9. The molecule has 3 rings (SSSR count). The first-order valence-electron chi connectivity index (χ1n) is 11.3. The zero-order valence-electron chi connectivity index (χ0n) is 19.9. The van der Waals surface area contributed by atoms with Gasteiger partial charge in [-0.3, -0.25) is 18.8 Å². The molecule has 9 nitrogen and oxygen atoms in total. The maximum Gasteiger partial charge on any atom is 0.264 e. The number of amides is 2. The Morgan fingerprint density at radius 3 is 2.18 bits per heavy atom. The van der Waals surface area contributed by atoms with E-state index in [4.69, 9.17) is 4.74 Å². The molecule has 1 aliphatic heterocycles. The van der Waals surface area contributed by atoms with Crippen molar-refractivity contribution in [1.82, 2.24) is 9.80 Å². The zero-order chi connectivity index (χ0) is 24.7. The highest BCUT2D eigenvalue weighted by molar-refractivity contribution is 7.92. The number of ether oxygens (including phenoxy) is 1. The highest BCUT2D eigenvalue weighted by Gasteiger charge is 2.22. The van der Waals surface area contributed by atoms with Crippen molar-refractivity contribution < 1.29 is 22.7 Å². The predicted octanol–water partition coefficient (Wildman–Crippen LogP) is 2.40. The molecule has 1 heterocycles. The second kappa shape index (κ2) is 11.3. The summed E-state index contributed by atoms with van der Waals surface area (Å²) in [5, 5.41) is 2.61. The first-order chi connectivity index (χ1) is 16.2. The lowest BCUT2D eigenvalue weighted by atomic mass is 10.3. The van der Waals surface area contributed by atoms with Crippen LogP contribution in [-0.4, -0.2) is 76.4 Å². The number of carbonyl (C=O) groups excluding carboxylic acids is 2. The molecular weight excluding hydrogens is 456 g/mol. The molecule has 1 N–H and O–H groups in total. The molecule has 2 amide bonds. The standard InChI is InChI=1S/C24H32N4O5S/c1-4-13-27-14-16-28(17-15-27)24(30)18-33-22-9-7-21(8-10-22)26(3)34(31,32)23-11-5-20(6-12-23)25-19(2)29/h5-12H,4,13-18H2,1-3H3,(H,25,29). The van der Waals surface area contributed by atoms with Gasteiger partial charge < -0.3 is 15.0 Å². The second-order valence-corrected chi connectivity index (χ2v) is 10.2. The largest absolute Gasteiger partial charge is 0.484 e. The smallest absolute Gasteiger partial charge is 0.264 e. The van der Waals surface area contributed by atoms with E-state index in [1.165, 1.54) is 30.4 Å². The SMILES string of the molecule is CCCN1CCN(C(=O)COc2ccc(N(C)S(=O)(=O)c3ccc(NC(C)=O)cc3)cc2)CC1. The van der Waals surface area contributed by atoms with E-state index in [1.54, 1.807) is 36.4 Å². The van der Waals surface area contributed by atoms with E-state index >= 15 is 0 Å². The van der Waals surface area contributed by atoms with Crippen molar-refractivity contribution in [2.75, 3.05) is 56.0 Å². The molecule has 1 fully saturated rings. The van der Waals surface area contributed by atoms with Crippen molar-refractivity contribution in [1.29, 1.82) is 0 Å². The van der Waals surface area contributed by atoms with Crippen LogP contribution in [0.5, 0.6) is 5.75 Å². The molecule has 2 aromatic rings. The maximum atomic E-state index is 13.0. The van der Waals surface area contributed by atoms with E-state index in [9.17, 15) is 18.0 Å². The molecule has 0 aliphatic carbocycles. The molecule has 0 unspecified atom stereocenters. The van der Waals surface area contributed by atoms with Crippen LogP contribution in [0.15, 0.2) is 53.4 Å². The van der Waals surface area contributed by atoms with E-state index in [-0.39, 0.29) is 23.3 Å². The molecule has 1 aliphatic rings. The van der Waals surface area contributed by atoms with Gasteiger partial charge in [0.25, 0.3) is 15.9 Å². The van der Waals surface area contributed by atoms with Crippen LogP contribution in [0.4, 0.5) is 11.4 Å². The summed E-state index contributed by atoms with van der Waals surface area (Å²) in [6.07, 6.45) is 1.11. The number of piperazine rings is 1. The Morgan fingerprint density at radius 2 is 1.62 bits per heavy atom. The molecule has 2 aromatic carbocycles. The van der Waals surface area contributed by atoms with Gasteiger partial charge in [0.2, 0.25) is 5.91 Å². The van der Waals surface area contributed by atoms with Crippen molar-refractivity contribution in [3.63, 3.8) is 0 Å². The minimum Gasteiger partial charge on any atom is -0.484 e. The summed E-state index contributed by atoms with van der Waals surface area (Å²) in [7, 11) is -2.32. The first kappa shape index (κ1) is 25.5. The van der Waals surface area contributed by atoms with Crippen LogP contribution in [0.3, 0.4) is 0 Å². The minimum atomic E-state index is -3.78. The monoisotopic (exact) mass is 488 g/mol. The van der Waals surface area contributed by atoms with Gasteiger partial charge in [-0.15, -0.1) is 0 Å². The van der Waals surface area contributed by atoms with Crippen LogP contribution in [0.1, 0.15) is 20.3 Å². The molecule has 184 valence electrons. The third-order valence-electron chi connectivity index (χ3n) is 5.66. The van der Waals surface area contributed by atoms with Crippen LogP contribution in [0.2, 0.25) is 0 Å². The molecular formula is C24H32N4O5S. The van der Waals surface area contributed by atoms with Gasteiger partial charge in [0.05, 0.1) is 10.6 Å². The molecule has 0 aromatic heterocycles. The predicted molar refractivity (Wildman–Crippen MR) is 132 cm³/mol. The topological polar surface area (TPSA) is 99.3 Å². The van der Waals surface area contributed by atoms with Gasteiger partial charge in [-0.05, 0) is 61.5 Å². The Balaban J connectivity index is 1.56. The molecule has 0 radical (unpaired) electrons. The fourth-order valence-electron chi connectivity index (χ4n) is 3.74. The van der Waals surface area contributed by atoms with Crippen molar-refractivity contribution in [2.45, 2.75) is 25.2 Å². The van der Waals surface area contributed by atoms with Crippen molar-refractivity contribution in [3.8, 4) is 5.75 Å². The highest BCUT2D eigenvalue weighted by atomic mass is 32.2. The summed E-state index contributed by atoms with van der Waals surface area (Å²) in [6.45, 7) is 7.70. The summed E-state index contributed by atoms with van der Waals surface area (Å²) in [6, 6.07) is 12.5. The number of sulfonamides is 1. The Labute approximate surface area is 201 Å². The Kier molecular flexibility index (Phi) is 8.51. The lowest BCUT2D eigenvalue weighted by Gasteiger charge is -2.34. The zero-order valence-corrected chi connectivity index (χ0v) is 20.7. The van der Waals surface area contributed by atoms with E-state index in [0.29, 0.717) is 30.2 Å². The van der Waals surface area contributed by atoms with Gasteiger partial charge in [0.15, 0.2) is 6.61 Å². The van der Waals surface area contributed by atoms with Crippen molar-refractivity contribution in [3.05, 3.63) is 48.5 Å². The fraction of sp³-hybridized carbons (Fsp3) is 0.417. The number of hydrogen-bond donors (Lipinski definition) is 1. The Bertz CT molecular complexity index is 1080. The van der Waals surface area contributed by atoms with Gasteiger partial charge in [0, 0.05) is 45.8 Å². The van der Waals surface area contributed by atoms with Crippen LogP contribution >= 0.6 is 0 Å². The van der Waals surface area contributed by atoms with Crippen LogP contribution < -0.4 is 14.4 Å². The fourth-order valence-corrected chi connectivity index (χ4v) is 4.93. The van der Waals surface area contributed by atoms with Gasteiger partial charge >= 0.3 is 0 Å². The maximum absolute atomic E-state index is 13.0. The number of benzene rings is 2. The van der Waals surface area contributed by atoms with Crippen molar-refractivity contribution >= 4 is 33.2 Å². The van der Waals surface area contributed by atoms with Gasteiger partial charge in [0.1, 0.15) is 5.75 Å². The number of nitrogens with one attached hydrogen (secondary N) is 1. The third kappa shape index (κ3) is 6.48. The average Bonchev–Trinajstić information content (AvgIpc) is 2.83. The molecule has 1 saturated heterocycles. The normalized spacial score (nSPS) is 14.5. The van der Waals surface area contributed by atoms with E-state index in [1.807, 2.05) is 4.90 Å². The molecule has 0 atom stereocenters. The number of anilines is 2. The number of rotatable bonds is 9. The number of nitrogens with zero attached hydrogens (tertiary/aromatic N) is 3. The molecule has 0 bridgehead atoms. The average molecular weight is 489 g/mol. The molecule has 0 spiro atoms. The summed E-state index contributed by atoms with van der Waals surface area (Å²) in [5.41, 5.74) is 0.977. The highest BCUT2D eigenvalue weighted by Crippen LogP contribution is 2.25. The number of carbonyl (C=O) groups is 2. The summed E-state index contributed by atoms with van der Waals surface area (Å²) >= 11 is 0. The molecule has 0 saturated carbocycles. The molecule has 10 heteroatoms. The summed E-state index contributed by atoms with van der Waals surface area (Å²) in [5.74, 6) is 0.209. The lowest BCUT2D eigenvalue weighted by Crippen LogP contribution is -2.50. The van der Waals surface area contributed by atoms with Gasteiger partial charge in [-0.25, -0.2) is 8.42 Å². The quantitative estimate of drug-likeness (QED) is 0.582. The third-order valence-corrected chi connectivity index (χ3v) is 7.46. The van der Waals surface area contributed by atoms with Crippen LogP contribution in [-0.2, 0) is 19.6 Å². The molecule has 34 heavy (non-hydrogen) atoms. The minimum absolute atomic E-state index is 0.0531.